The van der Waals surface area contributed by atoms with Crippen LogP contribution in [0.15, 0.2) is 158 Å². The Hall–Kier alpha value is -5.04. The third-order valence-electron chi connectivity index (χ3n) is 10.6. The van der Waals surface area contributed by atoms with Crippen molar-refractivity contribution in [2.24, 2.45) is 0 Å². The number of aromatic nitrogens is 3. The van der Waals surface area contributed by atoms with Gasteiger partial charge in [0.1, 0.15) is 30.5 Å². The summed E-state index contributed by atoms with van der Waals surface area (Å²) in [5, 5.41) is 25.0. The molecule has 0 spiro atoms. The van der Waals surface area contributed by atoms with Crippen LogP contribution in [0.5, 0.6) is 0 Å². The van der Waals surface area contributed by atoms with Crippen molar-refractivity contribution in [2.75, 3.05) is 6.61 Å². The van der Waals surface area contributed by atoms with Gasteiger partial charge in [-0.1, -0.05) is 157 Å². The molecule has 2 N–H and O–H groups in total. The van der Waals surface area contributed by atoms with E-state index in [1.807, 2.05) is 150 Å². The number of hydrogen-bond donors (Lipinski definition) is 2. The second-order valence-corrected chi connectivity index (χ2v) is 15.0. The van der Waals surface area contributed by atoms with Gasteiger partial charge in [-0.2, -0.15) is 0 Å². The summed E-state index contributed by atoms with van der Waals surface area (Å²) in [7, 11) is 0. The van der Waals surface area contributed by atoms with E-state index in [-0.39, 0.29) is 6.61 Å². The van der Waals surface area contributed by atoms with Crippen LogP contribution in [0.25, 0.3) is 0 Å². The van der Waals surface area contributed by atoms with E-state index in [0.29, 0.717) is 33.0 Å². The Bertz CT molecular complexity index is 2020. The fourth-order valence-corrected chi connectivity index (χ4v) is 7.42. The van der Waals surface area contributed by atoms with Crippen LogP contribution >= 0.6 is 0 Å². The van der Waals surface area contributed by atoms with Gasteiger partial charge in [0, 0.05) is 25.9 Å². The molecule has 6 atom stereocenters. The zero-order valence-electron chi connectivity index (χ0n) is 33.6. The first-order chi connectivity index (χ1) is 29.2. The van der Waals surface area contributed by atoms with Gasteiger partial charge in [-0.25, -0.2) is 0 Å². The number of unbranched alkanes of at least 4 members (excludes halogenated alkanes) is 2. The molecule has 0 unspecified atom stereocenters. The van der Waals surface area contributed by atoms with Crippen LogP contribution in [0.1, 0.15) is 52.8 Å². The highest BCUT2D eigenvalue weighted by Crippen LogP contribution is 2.33. The van der Waals surface area contributed by atoms with Crippen molar-refractivity contribution in [3.8, 4) is 0 Å². The Morgan fingerprint density at radius 3 is 1.41 bits per heavy atom. The lowest BCUT2D eigenvalue weighted by Crippen LogP contribution is -2.69. The molecule has 0 saturated heterocycles. The normalized spacial score (nSPS) is 20.4. The predicted molar refractivity (Wildman–Crippen MR) is 227 cm³/mol. The number of aryl methyl sites for hydroxylation is 1. The average Bonchev–Trinajstić information content (AvgIpc) is 3.75. The SMILES string of the molecule is O[C@@H]1[C@@H](NCc2cn(CCCCCOCc3ccccc3)nn2)[C@H](OCc2ccccc2)[C@@H](OCc2ccccc2)[C@H](OCc2ccccc2)[C@H]1OCc1ccccc1. The molecule has 10 heteroatoms. The first-order valence-corrected chi connectivity index (χ1v) is 20.7. The van der Waals surface area contributed by atoms with Crippen molar-refractivity contribution in [1.29, 1.82) is 0 Å². The summed E-state index contributed by atoms with van der Waals surface area (Å²) in [5.41, 5.74) is 5.98. The lowest BCUT2D eigenvalue weighted by atomic mass is 9.82. The number of rotatable bonds is 23. The highest BCUT2D eigenvalue weighted by atomic mass is 16.6. The highest BCUT2D eigenvalue weighted by Gasteiger charge is 2.53. The van der Waals surface area contributed by atoms with E-state index in [1.165, 1.54) is 5.56 Å². The van der Waals surface area contributed by atoms with E-state index in [1.54, 1.807) is 0 Å². The molecule has 0 radical (unpaired) electrons. The molecule has 1 aromatic heterocycles. The van der Waals surface area contributed by atoms with E-state index in [9.17, 15) is 5.11 Å². The molecule has 10 nitrogen and oxygen atoms in total. The number of benzene rings is 5. The van der Waals surface area contributed by atoms with Gasteiger partial charge in [0.05, 0.1) is 44.8 Å². The van der Waals surface area contributed by atoms with Crippen LogP contribution in [0, 0.1) is 0 Å². The zero-order chi connectivity index (χ0) is 40.3. The van der Waals surface area contributed by atoms with Crippen molar-refractivity contribution >= 4 is 0 Å². The summed E-state index contributed by atoms with van der Waals surface area (Å²) < 4.78 is 34.9. The van der Waals surface area contributed by atoms with Gasteiger partial charge in [-0.05, 0) is 47.1 Å². The molecule has 6 aromatic rings. The summed E-state index contributed by atoms with van der Waals surface area (Å²) in [6.45, 7) is 3.70. The van der Waals surface area contributed by atoms with Crippen LogP contribution in [0.3, 0.4) is 0 Å². The Kier molecular flexibility index (Phi) is 16.4. The van der Waals surface area contributed by atoms with Crippen LogP contribution in [0.2, 0.25) is 0 Å². The molecular weight excluding hydrogens is 741 g/mol. The van der Waals surface area contributed by atoms with Crippen LogP contribution in [-0.2, 0) is 69.8 Å². The molecule has 7 rings (SSSR count). The van der Waals surface area contributed by atoms with Crippen molar-refractivity contribution in [2.45, 2.75) is 102 Å². The summed E-state index contributed by atoms with van der Waals surface area (Å²) in [4.78, 5) is 0. The Morgan fingerprint density at radius 2 is 0.915 bits per heavy atom. The minimum Gasteiger partial charge on any atom is -0.389 e. The maximum atomic E-state index is 12.4. The van der Waals surface area contributed by atoms with Crippen molar-refractivity contribution < 1.29 is 28.8 Å². The van der Waals surface area contributed by atoms with Crippen LogP contribution in [0.4, 0.5) is 0 Å². The highest BCUT2D eigenvalue weighted by molar-refractivity contribution is 5.18. The quantitative estimate of drug-likeness (QED) is 0.0628. The number of aliphatic hydroxyl groups is 1. The first-order valence-electron chi connectivity index (χ1n) is 20.7. The Morgan fingerprint density at radius 1 is 0.492 bits per heavy atom. The predicted octanol–water partition coefficient (Wildman–Crippen LogP) is 7.84. The maximum absolute atomic E-state index is 12.4. The van der Waals surface area contributed by atoms with Crippen LogP contribution < -0.4 is 5.32 Å². The summed E-state index contributed by atoms with van der Waals surface area (Å²) >= 11 is 0. The van der Waals surface area contributed by atoms with Crippen molar-refractivity contribution in [1.82, 2.24) is 20.3 Å². The van der Waals surface area contributed by atoms with Gasteiger partial charge in [0.2, 0.25) is 0 Å². The van der Waals surface area contributed by atoms with Gasteiger partial charge in [-0.3, -0.25) is 4.68 Å². The number of nitrogens with one attached hydrogen (secondary N) is 1. The standard InChI is InChI=1S/C49H56N4O6/c54-45-44(50-31-43-32-53(52-51-43)29-17-6-18-30-55-33-38-19-7-1-8-20-38)46(56-34-39-21-9-2-10-22-39)48(58-36-41-25-13-4-14-26-41)49(59-37-42-27-15-5-16-28-42)47(45)57-35-40-23-11-3-12-24-40/h1-5,7-16,19-28,32,44-50,54H,6,17-18,29-31,33-37H2/t44-,45-,46+,47+,48-,49-/m1/s1. The summed E-state index contributed by atoms with van der Waals surface area (Å²) in [6.07, 6.45) is 1.20. The largest absolute Gasteiger partial charge is 0.389 e. The van der Waals surface area contributed by atoms with E-state index in [4.69, 9.17) is 23.7 Å². The lowest BCUT2D eigenvalue weighted by molar-refractivity contribution is -0.251. The van der Waals surface area contributed by atoms with Crippen molar-refractivity contribution in [3.05, 3.63) is 191 Å². The minimum atomic E-state index is -1.03. The van der Waals surface area contributed by atoms with Crippen LogP contribution in [-0.4, -0.2) is 63.3 Å². The Balaban J connectivity index is 1.08. The van der Waals surface area contributed by atoms with Gasteiger partial charge in [0.15, 0.2) is 0 Å². The lowest BCUT2D eigenvalue weighted by Gasteiger charge is -2.49. The monoisotopic (exact) mass is 796 g/mol. The van der Waals surface area contributed by atoms with Gasteiger partial charge >= 0.3 is 0 Å². The van der Waals surface area contributed by atoms with E-state index < -0.39 is 36.6 Å². The molecule has 1 aliphatic carbocycles. The van der Waals surface area contributed by atoms with Gasteiger partial charge in [-0.15, -0.1) is 5.10 Å². The molecule has 308 valence electrons. The molecule has 1 heterocycles. The minimum absolute atomic E-state index is 0.287. The maximum Gasteiger partial charge on any atom is 0.115 e. The number of ether oxygens (including phenoxy) is 5. The molecule has 0 amide bonds. The van der Waals surface area contributed by atoms with Crippen molar-refractivity contribution in [3.63, 3.8) is 0 Å². The molecule has 1 fully saturated rings. The second-order valence-electron chi connectivity index (χ2n) is 15.0. The topological polar surface area (TPSA) is 109 Å². The van der Waals surface area contributed by atoms with E-state index >= 15 is 0 Å². The molecule has 1 saturated carbocycles. The number of hydrogen-bond acceptors (Lipinski definition) is 9. The molecule has 59 heavy (non-hydrogen) atoms. The molecule has 5 aromatic carbocycles. The Labute approximate surface area is 348 Å². The van der Waals surface area contributed by atoms with Gasteiger partial charge in [0.25, 0.3) is 0 Å². The second kappa shape index (κ2) is 22.9. The molecule has 1 aliphatic rings. The third-order valence-corrected chi connectivity index (χ3v) is 10.6. The molecule has 0 aliphatic heterocycles. The smallest absolute Gasteiger partial charge is 0.115 e. The first kappa shape index (κ1) is 42.1. The third kappa shape index (κ3) is 13.0. The fourth-order valence-electron chi connectivity index (χ4n) is 7.42. The van der Waals surface area contributed by atoms with E-state index in [2.05, 4.69) is 27.8 Å². The summed E-state index contributed by atoms with van der Waals surface area (Å²) in [6, 6.07) is 49.8. The average molecular weight is 797 g/mol. The van der Waals surface area contributed by atoms with Gasteiger partial charge < -0.3 is 34.1 Å². The molecular formula is C49H56N4O6. The van der Waals surface area contributed by atoms with E-state index in [0.717, 1.165) is 60.4 Å². The fraction of sp³-hybridized carbons (Fsp3) is 0.347. The zero-order valence-corrected chi connectivity index (χ0v) is 33.6. The summed E-state index contributed by atoms with van der Waals surface area (Å²) in [5.74, 6) is 0. The molecule has 0 bridgehead atoms. The number of nitrogens with zero attached hydrogens (tertiary/aromatic N) is 3. The number of aliphatic hydroxyl groups excluding tert-OH is 1.